The number of primary amides is 1. The van der Waals surface area contributed by atoms with Crippen LogP contribution in [0.5, 0.6) is 5.75 Å². The molecule has 16 N–H and O–H groups in total. The van der Waals surface area contributed by atoms with Crippen LogP contribution in [-0.2, 0) is 38.4 Å². The molecule has 3 saturated heterocycles. The van der Waals surface area contributed by atoms with E-state index in [1.807, 2.05) is 0 Å². The van der Waals surface area contributed by atoms with Crippen molar-refractivity contribution in [3.05, 3.63) is 29.8 Å². The molecular weight excluding hydrogens is 973 g/mol. The number of carbonyl (C=O) groups excluding carboxylic acids is 8. The Bertz CT molecular complexity index is 2070. The number of fused-ring (bicyclic) bond motifs is 2. The lowest BCUT2D eigenvalue weighted by Crippen LogP contribution is -2.64. The highest BCUT2D eigenvalue weighted by Gasteiger charge is 2.49. The van der Waals surface area contributed by atoms with Crippen LogP contribution >= 0.6 is 0 Å². The molecule has 416 valence electrons. The van der Waals surface area contributed by atoms with Gasteiger partial charge in [0.1, 0.15) is 60.3 Å². The molecular formula is C49H78N8O17. The van der Waals surface area contributed by atoms with E-state index in [9.17, 15) is 84.3 Å². The van der Waals surface area contributed by atoms with Crippen molar-refractivity contribution < 1.29 is 84.3 Å². The first-order valence-corrected chi connectivity index (χ1v) is 25.6. The lowest BCUT2D eigenvalue weighted by molar-refractivity contribution is -0.149. The van der Waals surface area contributed by atoms with Crippen LogP contribution < -0.4 is 32.3 Å². The average Bonchev–Trinajstić information content (AvgIpc) is 3.94. The predicted octanol–water partition coefficient (Wildman–Crippen LogP) is -3.59. The monoisotopic (exact) mass is 1050 g/mol. The average molecular weight is 1050 g/mol. The fraction of sp³-hybridized carbons (Fsp3) is 0.714. The first-order valence-electron chi connectivity index (χ1n) is 25.6. The third-order valence-electron chi connectivity index (χ3n) is 13.9. The minimum absolute atomic E-state index is 0.0774. The Hall–Kier alpha value is -5.54. The molecule has 1 unspecified atom stereocenters. The van der Waals surface area contributed by atoms with E-state index in [1.54, 1.807) is 0 Å². The van der Waals surface area contributed by atoms with Crippen LogP contribution in [0.1, 0.15) is 129 Å². The van der Waals surface area contributed by atoms with E-state index in [0.29, 0.717) is 23.7 Å². The predicted molar refractivity (Wildman–Crippen MR) is 261 cm³/mol. The van der Waals surface area contributed by atoms with Gasteiger partial charge in [-0.3, -0.25) is 38.4 Å². The molecule has 74 heavy (non-hydrogen) atoms. The Morgan fingerprint density at radius 1 is 0.716 bits per heavy atom. The smallest absolute Gasteiger partial charge is 0.248 e. The molecule has 15 atom stereocenters. The molecule has 25 nitrogen and oxygen atoms in total. The standard InChI is InChI=1S/C49H78N8O17/c1-4-5-12-25(2)13-10-8-6-7-9-11-14-36(65)51-30-22-34(63)45(70)55-47(72)40-32(61)19-20-56(40)49(74)38(33(62)23-35(50)64)53-46(71)39(42(67)41(66)27-15-17-28(59)18-16-27)54-44(69)31-21-29(60)24-57(31)48(73)37(26(3)58)52-43(30)68/h15-18,25-26,29-34,37-42,45,58-63,66-67,70H,4-14,19-24H2,1-3H3,(H2,50,64)(H,51,65)(H,52,68)(H,53,71)(H,54,69)(H,55,72)/t25?,26-,29-,30+,31+,32+,33-,34-,37+,38+,39+,40+,41+,42+,45-/m1/s1. The Labute approximate surface area is 429 Å². The van der Waals surface area contributed by atoms with Crippen molar-refractivity contribution in [2.24, 2.45) is 11.7 Å². The van der Waals surface area contributed by atoms with E-state index in [2.05, 4.69) is 40.4 Å². The SMILES string of the molecule is CCCCC(C)CCCCCCCCC(=O)N[C@H]1C[C@@H](O)[C@@H](O)NC(=O)[C@@H]2[C@@H](O)CCN2C(=O)[C@H]([C@H](O)CC(N)=O)NC(=O)[C@H]([C@H](O)[C@@H](O)c2ccc(O)cc2)NC(=O)[C@@H]2C[C@@H](O)CN2C(=O)[C@H]([C@@H](C)O)NC1=O. The number of carbonyl (C=O) groups is 8. The van der Waals surface area contributed by atoms with Crippen molar-refractivity contribution in [2.45, 2.75) is 202 Å². The maximum Gasteiger partial charge on any atom is 0.248 e. The van der Waals surface area contributed by atoms with Crippen LogP contribution in [0.25, 0.3) is 0 Å². The molecule has 25 heteroatoms. The number of aliphatic hydroxyl groups is 8. The van der Waals surface area contributed by atoms with Crippen molar-refractivity contribution in [2.75, 3.05) is 13.1 Å². The van der Waals surface area contributed by atoms with E-state index in [-0.39, 0.29) is 24.2 Å². The Balaban J connectivity index is 1.70. The summed E-state index contributed by atoms with van der Waals surface area (Å²) in [5, 5.41) is 110. The normalized spacial score (nSPS) is 28.8. The molecule has 0 bridgehead atoms. The van der Waals surface area contributed by atoms with Crippen LogP contribution in [-0.4, -0.2) is 195 Å². The topological polar surface area (TPSA) is 411 Å². The quantitative estimate of drug-likeness (QED) is 0.0561. The van der Waals surface area contributed by atoms with Crippen LogP contribution in [0.15, 0.2) is 24.3 Å². The van der Waals surface area contributed by atoms with Crippen LogP contribution in [0.2, 0.25) is 0 Å². The molecule has 0 aromatic heterocycles. The van der Waals surface area contributed by atoms with Gasteiger partial charge in [-0.15, -0.1) is 0 Å². The highest BCUT2D eigenvalue weighted by Crippen LogP contribution is 2.26. The molecule has 0 saturated carbocycles. The van der Waals surface area contributed by atoms with E-state index in [1.165, 1.54) is 12.8 Å². The molecule has 0 spiro atoms. The summed E-state index contributed by atoms with van der Waals surface area (Å²) in [6, 6.07) is -7.37. The highest BCUT2D eigenvalue weighted by molar-refractivity contribution is 5.98. The Morgan fingerprint density at radius 3 is 1.95 bits per heavy atom. The lowest BCUT2D eigenvalue weighted by Gasteiger charge is -2.34. The molecule has 3 heterocycles. The highest BCUT2D eigenvalue weighted by atomic mass is 16.3. The van der Waals surface area contributed by atoms with E-state index in [0.717, 1.165) is 74.6 Å². The van der Waals surface area contributed by atoms with Crippen molar-refractivity contribution >= 4 is 47.3 Å². The third-order valence-corrected chi connectivity index (χ3v) is 13.9. The number of nitrogens with two attached hydrogens (primary N) is 1. The number of amides is 8. The van der Waals surface area contributed by atoms with Gasteiger partial charge < -0.3 is 88.1 Å². The fourth-order valence-corrected chi connectivity index (χ4v) is 9.52. The minimum Gasteiger partial charge on any atom is -0.508 e. The van der Waals surface area contributed by atoms with Gasteiger partial charge in [0.25, 0.3) is 0 Å². The zero-order valence-corrected chi connectivity index (χ0v) is 42.3. The number of aliphatic hydroxyl groups excluding tert-OH is 8. The van der Waals surface area contributed by atoms with Gasteiger partial charge in [0.2, 0.25) is 47.3 Å². The van der Waals surface area contributed by atoms with Crippen LogP contribution in [0, 0.1) is 5.92 Å². The molecule has 8 amide bonds. The van der Waals surface area contributed by atoms with Crippen molar-refractivity contribution in [3.8, 4) is 5.75 Å². The largest absolute Gasteiger partial charge is 0.508 e. The molecule has 4 rings (SSSR count). The summed E-state index contributed by atoms with van der Waals surface area (Å²) >= 11 is 0. The van der Waals surface area contributed by atoms with E-state index >= 15 is 0 Å². The van der Waals surface area contributed by atoms with Crippen molar-refractivity contribution in [1.29, 1.82) is 0 Å². The summed E-state index contributed by atoms with van der Waals surface area (Å²) in [5.74, 6) is -9.24. The van der Waals surface area contributed by atoms with Gasteiger partial charge in [-0.2, -0.15) is 0 Å². The van der Waals surface area contributed by atoms with E-state index in [4.69, 9.17) is 5.73 Å². The van der Waals surface area contributed by atoms with Gasteiger partial charge in [-0.25, -0.2) is 0 Å². The summed E-state index contributed by atoms with van der Waals surface area (Å²) < 4.78 is 0. The zero-order valence-electron chi connectivity index (χ0n) is 42.3. The molecule has 1 aromatic carbocycles. The number of phenolic OH excluding ortho intramolecular Hbond substituents is 1. The first-order chi connectivity index (χ1) is 34.9. The van der Waals surface area contributed by atoms with Crippen molar-refractivity contribution in [1.82, 2.24) is 36.4 Å². The summed E-state index contributed by atoms with van der Waals surface area (Å²) in [4.78, 5) is 112. The number of rotatable bonds is 20. The molecule has 0 radical (unpaired) electrons. The number of aromatic hydroxyl groups is 1. The number of nitrogens with zero attached hydrogens (tertiary/aromatic N) is 2. The Morgan fingerprint density at radius 2 is 1.31 bits per heavy atom. The number of nitrogens with one attached hydrogen (secondary N) is 5. The van der Waals surface area contributed by atoms with Gasteiger partial charge in [-0.1, -0.05) is 83.8 Å². The molecule has 3 aliphatic rings. The first kappa shape index (κ1) is 61.0. The zero-order chi connectivity index (χ0) is 55.0. The summed E-state index contributed by atoms with van der Waals surface area (Å²) in [5.41, 5.74) is 5.21. The van der Waals surface area contributed by atoms with Crippen LogP contribution in [0.4, 0.5) is 0 Å². The van der Waals surface area contributed by atoms with Crippen molar-refractivity contribution in [3.63, 3.8) is 0 Å². The number of phenols is 1. The second kappa shape index (κ2) is 28.9. The number of unbranched alkanes of at least 4 members (excludes halogenated alkanes) is 6. The summed E-state index contributed by atoms with van der Waals surface area (Å²) in [7, 11) is 0. The molecule has 3 aliphatic heterocycles. The number of hydrogen-bond donors (Lipinski definition) is 15. The summed E-state index contributed by atoms with van der Waals surface area (Å²) in [6.07, 6.45) is -8.88. The second-order valence-electron chi connectivity index (χ2n) is 20.0. The van der Waals surface area contributed by atoms with E-state index < -0.39 is 165 Å². The number of hydrogen-bond acceptors (Lipinski definition) is 17. The Kier molecular flexibility index (Phi) is 23.9. The molecule has 3 fully saturated rings. The van der Waals surface area contributed by atoms with Gasteiger partial charge in [0, 0.05) is 32.4 Å². The van der Waals surface area contributed by atoms with Gasteiger partial charge in [-0.05, 0) is 43.4 Å². The molecule has 1 aromatic rings. The minimum atomic E-state index is -2.36. The maximum absolute atomic E-state index is 14.4. The van der Waals surface area contributed by atoms with Gasteiger partial charge in [0.05, 0.1) is 30.8 Å². The second-order valence-corrected chi connectivity index (χ2v) is 20.0. The number of benzene rings is 1. The third kappa shape index (κ3) is 17.3. The summed E-state index contributed by atoms with van der Waals surface area (Å²) in [6.45, 7) is 4.48. The lowest BCUT2D eigenvalue weighted by atomic mass is 9.96. The molecule has 0 aliphatic carbocycles. The van der Waals surface area contributed by atoms with Gasteiger partial charge >= 0.3 is 0 Å². The van der Waals surface area contributed by atoms with Gasteiger partial charge in [0.15, 0.2) is 6.23 Å². The fourth-order valence-electron chi connectivity index (χ4n) is 9.52. The van der Waals surface area contributed by atoms with Crippen LogP contribution in [0.3, 0.4) is 0 Å². The maximum atomic E-state index is 14.4.